The van der Waals surface area contributed by atoms with E-state index in [0.717, 1.165) is 19.2 Å². The summed E-state index contributed by atoms with van der Waals surface area (Å²) in [7, 11) is 1.05. The number of nitro benzene ring substituents is 1. The molecule has 0 heterocycles. The molecule has 1 aromatic carbocycles. The molecule has 0 aromatic heterocycles. The molecule has 0 bridgehead atoms. The van der Waals surface area contributed by atoms with Crippen molar-refractivity contribution in [1.29, 1.82) is 0 Å². The molecule has 9 heteroatoms. The van der Waals surface area contributed by atoms with E-state index < -0.39 is 32.6 Å². The number of ether oxygens (including phenoxy) is 1. The van der Waals surface area contributed by atoms with E-state index in [0.29, 0.717) is 0 Å². The largest absolute Gasteiger partial charge is 1.00 e. The van der Waals surface area contributed by atoms with Crippen LogP contribution in [0.1, 0.15) is 10.4 Å². The number of nitro groups is 1. The van der Waals surface area contributed by atoms with Crippen LogP contribution >= 0.6 is 0 Å². The first kappa shape index (κ1) is 16.2. The first-order valence-electron chi connectivity index (χ1n) is 3.94. The van der Waals surface area contributed by atoms with Gasteiger partial charge >= 0.3 is 35.5 Å². The molecule has 0 N–H and O–H groups in total. The molecular weight excluding hydrogens is 261 g/mol. The average Bonchev–Trinajstić information content (AvgIpc) is 2.26. The van der Waals surface area contributed by atoms with Gasteiger partial charge in [-0.15, -0.1) is 0 Å². The van der Waals surface area contributed by atoms with E-state index in [2.05, 4.69) is 4.74 Å². The van der Waals surface area contributed by atoms with Gasteiger partial charge in [0.05, 0.1) is 17.6 Å². The van der Waals surface area contributed by atoms with Gasteiger partial charge in [-0.25, -0.2) is 4.79 Å². The van der Waals surface area contributed by atoms with E-state index in [-0.39, 0.29) is 35.1 Å². The second kappa shape index (κ2) is 6.82. The van der Waals surface area contributed by atoms with Crippen LogP contribution in [0, 0.1) is 10.1 Å². The molecule has 1 unspecified atom stereocenters. The van der Waals surface area contributed by atoms with Crippen LogP contribution in [0.25, 0.3) is 0 Å². The molecule has 0 saturated heterocycles. The number of carbonyl (C=O) groups excluding carboxylic acids is 1. The third kappa shape index (κ3) is 3.58. The summed E-state index contributed by atoms with van der Waals surface area (Å²) in [6.45, 7) is 0. The molecule has 0 saturated carbocycles. The van der Waals surface area contributed by atoms with Crippen molar-refractivity contribution in [2.24, 2.45) is 0 Å². The van der Waals surface area contributed by atoms with Crippen LogP contribution in [0.15, 0.2) is 23.1 Å². The van der Waals surface area contributed by atoms with Crippen LogP contribution in [0.5, 0.6) is 0 Å². The van der Waals surface area contributed by atoms with Gasteiger partial charge in [-0.1, -0.05) is 6.07 Å². The second-order valence-corrected chi connectivity index (χ2v) is 3.51. The average molecular weight is 267 g/mol. The fourth-order valence-electron chi connectivity index (χ4n) is 1.11. The van der Waals surface area contributed by atoms with E-state index in [1.165, 1.54) is 6.07 Å². The predicted molar refractivity (Wildman–Crippen MR) is 51.6 cm³/mol. The Morgan fingerprint density at radius 3 is 2.47 bits per heavy atom. The molecule has 1 aromatic rings. The Morgan fingerprint density at radius 1 is 1.47 bits per heavy atom. The third-order valence-electron chi connectivity index (χ3n) is 1.76. The van der Waals surface area contributed by atoms with Gasteiger partial charge in [0.1, 0.15) is 4.90 Å². The van der Waals surface area contributed by atoms with Gasteiger partial charge in [0.25, 0.3) is 5.69 Å². The molecule has 0 fully saturated rings. The third-order valence-corrected chi connectivity index (χ3v) is 2.53. The monoisotopic (exact) mass is 267 g/mol. The van der Waals surface area contributed by atoms with Gasteiger partial charge < -0.3 is 9.29 Å². The maximum absolute atomic E-state index is 11.2. The van der Waals surface area contributed by atoms with Crippen molar-refractivity contribution >= 4 is 22.7 Å². The number of carbonyl (C=O) groups is 1. The molecule has 0 radical (unpaired) electrons. The Kier molecular flexibility index (Phi) is 6.50. The van der Waals surface area contributed by atoms with Gasteiger partial charge in [-0.3, -0.25) is 14.3 Å². The van der Waals surface area contributed by atoms with Crippen molar-refractivity contribution in [3.63, 3.8) is 0 Å². The Balaban J connectivity index is 0.00000256. The predicted octanol–water partition coefficient (Wildman–Crippen LogP) is -2.38. The quantitative estimate of drug-likeness (QED) is 0.199. The van der Waals surface area contributed by atoms with E-state index in [1.807, 2.05) is 0 Å². The van der Waals surface area contributed by atoms with Crippen molar-refractivity contribution in [1.82, 2.24) is 0 Å². The van der Waals surface area contributed by atoms with E-state index in [9.17, 15) is 23.7 Å². The van der Waals surface area contributed by atoms with Gasteiger partial charge in [0.15, 0.2) is 0 Å². The molecule has 1 atom stereocenters. The number of benzene rings is 1. The Bertz CT molecular complexity index is 477. The summed E-state index contributed by atoms with van der Waals surface area (Å²) in [5.74, 6) is -0.942. The van der Waals surface area contributed by atoms with Crippen molar-refractivity contribution in [2.45, 2.75) is 4.90 Å². The molecule has 86 valence electrons. The molecule has 0 aliphatic carbocycles. The molecular formula is C8H6NNaO6S. The van der Waals surface area contributed by atoms with Crippen LogP contribution in [-0.2, 0) is 15.8 Å². The summed E-state index contributed by atoms with van der Waals surface area (Å²) in [5, 5.41) is 10.6. The van der Waals surface area contributed by atoms with Crippen LogP contribution in [0.3, 0.4) is 0 Å². The topological polar surface area (TPSA) is 110 Å². The van der Waals surface area contributed by atoms with Crippen molar-refractivity contribution < 1.29 is 52.8 Å². The minimum absolute atomic E-state index is 0. The van der Waals surface area contributed by atoms with Gasteiger partial charge in [-0.2, -0.15) is 0 Å². The summed E-state index contributed by atoms with van der Waals surface area (Å²) < 4.78 is 26.0. The van der Waals surface area contributed by atoms with Crippen molar-refractivity contribution in [2.75, 3.05) is 7.11 Å². The van der Waals surface area contributed by atoms with Gasteiger partial charge in [0.2, 0.25) is 0 Å². The number of methoxy groups -OCH3 is 1. The summed E-state index contributed by atoms with van der Waals surface area (Å²) in [6, 6.07) is 3.35. The minimum atomic E-state index is -2.89. The van der Waals surface area contributed by atoms with Gasteiger partial charge in [-0.05, 0) is 17.1 Å². The second-order valence-electron chi connectivity index (χ2n) is 2.64. The minimum Gasteiger partial charge on any atom is -0.768 e. The Morgan fingerprint density at radius 2 is 2.06 bits per heavy atom. The molecule has 7 nitrogen and oxygen atoms in total. The number of hydrogen-bond donors (Lipinski definition) is 0. The molecule has 0 aliphatic heterocycles. The zero-order chi connectivity index (χ0) is 12.3. The Labute approximate surface area is 121 Å². The van der Waals surface area contributed by atoms with Crippen molar-refractivity contribution in [3.8, 4) is 0 Å². The first-order valence-corrected chi connectivity index (χ1v) is 5.01. The summed E-state index contributed by atoms with van der Waals surface area (Å²) in [4.78, 5) is 20.2. The summed E-state index contributed by atoms with van der Waals surface area (Å²) >= 11 is -2.89. The van der Waals surface area contributed by atoms with E-state index in [4.69, 9.17) is 0 Å². The van der Waals surface area contributed by atoms with E-state index >= 15 is 0 Å². The molecule has 0 aliphatic rings. The number of hydrogen-bond acceptors (Lipinski definition) is 6. The molecule has 0 spiro atoms. The van der Waals surface area contributed by atoms with Crippen molar-refractivity contribution in [3.05, 3.63) is 33.9 Å². The fourth-order valence-corrected chi connectivity index (χ4v) is 1.76. The van der Waals surface area contributed by atoms with Crippen LogP contribution in [-0.4, -0.2) is 26.8 Å². The molecule has 17 heavy (non-hydrogen) atoms. The fraction of sp³-hybridized carbons (Fsp3) is 0.125. The number of nitrogens with zero attached hydrogens (tertiary/aromatic N) is 1. The van der Waals surface area contributed by atoms with Gasteiger partial charge in [0, 0.05) is 6.07 Å². The summed E-state index contributed by atoms with van der Waals surface area (Å²) in [6.07, 6.45) is 0. The normalized spacial score (nSPS) is 11.2. The van der Waals surface area contributed by atoms with Crippen LogP contribution in [0.4, 0.5) is 5.69 Å². The summed E-state index contributed by atoms with van der Waals surface area (Å²) in [5.41, 5.74) is -1.01. The van der Waals surface area contributed by atoms with Crippen LogP contribution < -0.4 is 29.6 Å². The Hall–Kier alpha value is -0.800. The standard InChI is InChI=1S/C8H7NO6S.Na/c1-15-8(10)5-3-2-4-6(9(11)12)7(5)16(13)14;/h2-4H,1H3,(H,13,14);/q;+1/p-1. The van der Waals surface area contributed by atoms with E-state index in [1.54, 1.807) is 0 Å². The number of rotatable bonds is 3. The SMILES string of the molecule is COC(=O)c1cccc([N+](=O)[O-])c1S(=O)[O-].[Na+]. The smallest absolute Gasteiger partial charge is 0.768 e. The maximum atomic E-state index is 11.2. The zero-order valence-corrected chi connectivity index (χ0v) is 11.9. The maximum Gasteiger partial charge on any atom is 1.00 e. The molecule has 0 amide bonds. The molecule has 1 rings (SSSR count). The first-order chi connectivity index (χ1) is 7.49. The van der Waals surface area contributed by atoms with Crippen LogP contribution in [0.2, 0.25) is 0 Å². The zero-order valence-electron chi connectivity index (χ0n) is 9.04. The number of esters is 1.